The zero-order valence-corrected chi connectivity index (χ0v) is 11.2. The van der Waals surface area contributed by atoms with Crippen LogP contribution in [0.3, 0.4) is 0 Å². The van der Waals surface area contributed by atoms with E-state index in [1.807, 2.05) is 25.2 Å². The van der Waals surface area contributed by atoms with Crippen molar-refractivity contribution in [2.45, 2.75) is 38.4 Å². The molecule has 0 aliphatic heterocycles. The summed E-state index contributed by atoms with van der Waals surface area (Å²) in [6.07, 6.45) is 7.91. The molecule has 0 bridgehead atoms. The molecule has 0 aromatic carbocycles. The second-order valence-corrected chi connectivity index (χ2v) is 4.15. The highest BCUT2D eigenvalue weighted by Gasteiger charge is 2.31. The minimum atomic E-state index is -0.745. The number of carbonyl (C=O) groups is 1. The van der Waals surface area contributed by atoms with Crippen molar-refractivity contribution in [2.75, 3.05) is 7.11 Å². The largest absolute Gasteiger partial charge is 0.481 e. The Morgan fingerprint density at radius 1 is 1.67 bits per heavy atom. The van der Waals surface area contributed by atoms with Gasteiger partial charge in [0, 0.05) is 13.5 Å². The number of carboxylic acids is 1. The third-order valence-corrected chi connectivity index (χ3v) is 2.67. The number of methoxy groups -OCH3 is 1. The predicted molar refractivity (Wildman–Crippen MR) is 71.4 cm³/mol. The lowest BCUT2D eigenvalue weighted by Gasteiger charge is -2.31. The standard InChI is InChI=1S/C11H16O2.C3H6O2/c1-4-5-9-6-7-10(12)11(2,8-9)13-3;1-2-3(4)5/h4,6-8,10,12H,1,5H2,2-3H3;2H2,1H3,(H,4,5). The van der Waals surface area contributed by atoms with Crippen molar-refractivity contribution in [3.05, 3.63) is 36.5 Å². The summed E-state index contributed by atoms with van der Waals surface area (Å²) in [5.74, 6) is -0.745. The summed E-state index contributed by atoms with van der Waals surface area (Å²) in [5.41, 5.74) is 0.539. The van der Waals surface area contributed by atoms with E-state index < -0.39 is 17.7 Å². The van der Waals surface area contributed by atoms with Crippen LogP contribution in [0.2, 0.25) is 0 Å². The molecule has 0 aromatic heterocycles. The van der Waals surface area contributed by atoms with Gasteiger partial charge in [-0.1, -0.05) is 25.2 Å². The maximum Gasteiger partial charge on any atom is 0.303 e. The van der Waals surface area contributed by atoms with E-state index in [4.69, 9.17) is 9.84 Å². The first-order chi connectivity index (χ1) is 8.39. The average molecular weight is 254 g/mol. The van der Waals surface area contributed by atoms with E-state index in [0.29, 0.717) is 0 Å². The van der Waals surface area contributed by atoms with Crippen LogP contribution in [-0.4, -0.2) is 35.0 Å². The monoisotopic (exact) mass is 254 g/mol. The lowest BCUT2D eigenvalue weighted by Crippen LogP contribution is -2.39. The van der Waals surface area contributed by atoms with Crippen LogP contribution in [0.25, 0.3) is 0 Å². The van der Waals surface area contributed by atoms with Gasteiger partial charge in [-0.25, -0.2) is 0 Å². The van der Waals surface area contributed by atoms with Gasteiger partial charge in [0.05, 0.1) is 0 Å². The van der Waals surface area contributed by atoms with Crippen molar-refractivity contribution < 1.29 is 19.7 Å². The fourth-order valence-corrected chi connectivity index (χ4v) is 1.38. The van der Waals surface area contributed by atoms with Crippen LogP contribution in [-0.2, 0) is 9.53 Å². The van der Waals surface area contributed by atoms with Crippen molar-refractivity contribution in [3.63, 3.8) is 0 Å². The van der Waals surface area contributed by atoms with Crippen LogP contribution < -0.4 is 0 Å². The molecule has 2 atom stereocenters. The SMILES string of the molecule is C=CCC1=CC(C)(OC)C(O)C=C1.CCC(=O)O. The molecule has 4 nitrogen and oxygen atoms in total. The van der Waals surface area contributed by atoms with Crippen LogP contribution in [0.1, 0.15) is 26.7 Å². The first-order valence-electron chi connectivity index (χ1n) is 5.85. The minimum absolute atomic E-state index is 0.222. The zero-order chi connectivity index (χ0) is 14.2. The highest BCUT2D eigenvalue weighted by atomic mass is 16.5. The Morgan fingerprint density at radius 3 is 2.61 bits per heavy atom. The topological polar surface area (TPSA) is 66.8 Å². The van der Waals surface area contributed by atoms with Gasteiger partial charge >= 0.3 is 5.97 Å². The van der Waals surface area contributed by atoms with Gasteiger partial charge in [0.2, 0.25) is 0 Å². The first kappa shape index (κ1) is 16.6. The maximum absolute atomic E-state index is 9.63. The molecule has 0 saturated carbocycles. The smallest absolute Gasteiger partial charge is 0.303 e. The molecular weight excluding hydrogens is 232 g/mol. The van der Waals surface area contributed by atoms with Gasteiger partial charge in [-0.05, 0) is 25.0 Å². The number of aliphatic hydroxyl groups is 1. The molecule has 0 radical (unpaired) electrons. The van der Waals surface area contributed by atoms with Gasteiger partial charge in [-0.2, -0.15) is 0 Å². The minimum Gasteiger partial charge on any atom is -0.481 e. The molecule has 4 heteroatoms. The zero-order valence-electron chi connectivity index (χ0n) is 11.2. The van der Waals surface area contributed by atoms with Gasteiger partial charge in [0.1, 0.15) is 11.7 Å². The van der Waals surface area contributed by atoms with E-state index in [2.05, 4.69) is 6.58 Å². The molecule has 1 rings (SSSR count). The summed E-state index contributed by atoms with van der Waals surface area (Å²) in [5, 5.41) is 17.4. The summed E-state index contributed by atoms with van der Waals surface area (Å²) >= 11 is 0. The molecule has 0 amide bonds. The molecule has 2 N–H and O–H groups in total. The fraction of sp³-hybridized carbons (Fsp3) is 0.500. The molecule has 2 unspecified atom stereocenters. The van der Waals surface area contributed by atoms with Crippen LogP contribution in [0, 0.1) is 0 Å². The number of ether oxygens (including phenoxy) is 1. The van der Waals surface area contributed by atoms with Crippen molar-refractivity contribution in [1.29, 1.82) is 0 Å². The van der Waals surface area contributed by atoms with Crippen LogP contribution in [0.4, 0.5) is 0 Å². The highest BCUT2D eigenvalue weighted by Crippen LogP contribution is 2.26. The Balaban J connectivity index is 0.000000494. The molecule has 0 aromatic rings. The molecule has 1 aliphatic rings. The third-order valence-electron chi connectivity index (χ3n) is 2.67. The third kappa shape index (κ3) is 5.29. The van der Waals surface area contributed by atoms with E-state index in [1.54, 1.807) is 20.1 Å². The summed E-state index contributed by atoms with van der Waals surface area (Å²) in [7, 11) is 1.60. The van der Waals surface area contributed by atoms with Crippen molar-refractivity contribution >= 4 is 5.97 Å². The lowest BCUT2D eigenvalue weighted by molar-refractivity contribution is -0.136. The van der Waals surface area contributed by atoms with Crippen molar-refractivity contribution in [2.24, 2.45) is 0 Å². The number of hydrogen-bond acceptors (Lipinski definition) is 3. The Labute approximate surface area is 108 Å². The normalized spacial score (nSPS) is 25.8. The van der Waals surface area contributed by atoms with Crippen LogP contribution in [0.5, 0.6) is 0 Å². The summed E-state index contributed by atoms with van der Waals surface area (Å²) in [6.45, 7) is 7.13. The molecule has 0 heterocycles. The molecule has 0 fully saturated rings. The second kappa shape index (κ2) is 7.84. The summed E-state index contributed by atoms with van der Waals surface area (Å²) in [4.78, 5) is 9.37. The van der Waals surface area contributed by atoms with E-state index in [1.165, 1.54) is 0 Å². The molecule has 0 spiro atoms. The van der Waals surface area contributed by atoms with Crippen molar-refractivity contribution in [3.8, 4) is 0 Å². The predicted octanol–water partition coefficient (Wildman–Crippen LogP) is 2.31. The van der Waals surface area contributed by atoms with E-state index in [9.17, 15) is 9.90 Å². The number of aliphatic hydroxyl groups excluding tert-OH is 1. The number of carboxylic acid groups (broad SMARTS) is 1. The lowest BCUT2D eigenvalue weighted by atomic mass is 9.89. The Bertz CT molecular complexity index is 344. The summed E-state index contributed by atoms with van der Waals surface area (Å²) in [6, 6.07) is 0. The highest BCUT2D eigenvalue weighted by molar-refractivity contribution is 5.66. The van der Waals surface area contributed by atoms with Crippen LogP contribution in [0.15, 0.2) is 36.5 Å². The number of hydrogen-bond donors (Lipinski definition) is 2. The molecular formula is C14H22O4. The summed E-state index contributed by atoms with van der Waals surface area (Å²) < 4.78 is 5.26. The quantitative estimate of drug-likeness (QED) is 0.755. The van der Waals surface area contributed by atoms with Gasteiger partial charge in [0.25, 0.3) is 0 Å². The molecule has 102 valence electrons. The number of rotatable bonds is 4. The van der Waals surface area contributed by atoms with E-state index in [0.717, 1.165) is 12.0 Å². The molecule has 1 aliphatic carbocycles. The Kier molecular flexibility index (Phi) is 7.24. The Hall–Kier alpha value is -1.39. The fourth-order valence-electron chi connectivity index (χ4n) is 1.38. The maximum atomic E-state index is 9.63. The van der Waals surface area contributed by atoms with Gasteiger partial charge in [-0.3, -0.25) is 4.79 Å². The number of allylic oxidation sites excluding steroid dienone is 3. The van der Waals surface area contributed by atoms with E-state index in [-0.39, 0.29) is 6.42 Å². The van der Waals surface area contributed by atoms with E-state index >= 15 is 0 Å². The van der Waals surface area contributed by atoms with Gasteiger partial charge in [-0.15, -0.1) is 6.58 Å². The Morgan fingerprint density at radius 2 is 2.22 bits per heavy atom. The van der Waals surface area contributed by atoms with Gasteiger partial charge < -0.3 is 14.9 Å². The molecule has 18 heavy (non-hydrogen) atoms. The van der Waals surface area contributed by atoms with Crippen LogP contribution >= 0.6 is 0 Å². The average Bonchev–Trinajstić information content (AvgIpc) is 2.35. The second-order valence-electron chi connectivity index (χ2n) is 4.15. The first-order valence-corrected chi connectivity index (χ1v) is 5.85. The van der Waals surface area contributed by atoms with Crippen molar-refractivity contribution in [1.82, 2.24) is 0 Å². The van der Waals surface area contributed by atoms with Gasteiger partial charge in [0.15, 0.2) is 0 Å². The number of aliphatic carboxylic acids is 1. The molecule has 0 saturated heterocycles.